The molecule has 1 unspecified atom stereocenters. The van der Waals surface area contributed by atoms with Gasteiger partial charge in [-0.25, -0.2) is 0 Å². The number of unbranched alkanes of at least 4 members (excludes halogenated alkanes) is 32. The molecule has 0 amide bonds. The van der Waals surface area contributed by atoms with Gasteiger partial charge in [0.2, 0.25) is 0 Å². The first kappa shape index (κ1) is 73.3. The maximum absolute atomic E-state index is 12.9. The van der Waals surface area contributed by atoms with Gasteiger partial charge in [0.25, 0.3) is 0 Å². The first-order valence-electron chi connectivity index (χ1n) is 32.7. The minimum absolute atomic E-state index is 0.0886. The number of hydrogen-bond donors (Lipinski definition) is 0. The van der Waals surface area contributed by atoms with E-state index in [0.29, 0.717) is 19.3 Å². The first-order chi connectivity index (χ1) is 38.0. The van der Waals surface area contributed by atoms with E-state index in [1.54, 1.807) is 0 Å². The summed E-state index contributed by atoms with van der Waals surface area (Å²) in [6.07, 6.45) is 86.9. The van der Waals surface area contributed by atoms with Crippen LogP contribution in [-0.4, -0.2) is 37.2 Å². The van der Waals surface area contributed by atoms with Crippen LogP contribution >= 0.6 is 0 Å². The zero-order valence-electron chi connectivity index (χ0n) is 50.7. The van der Waals surface area contributed by atoms with Crippen molar-refractivity contribution in [2.75, 3.05) is 13.2 Å². The van der Waals surface area contributed by atoms with E-state index in [0.717, 1.165) is 122 Å². The predicted octanol–water partition coefficient (Wildman–Crippen LogP) is 22.4. The van der Waals surface area contributed by atoms with Crippen LogP contribution in [0.2, 0.25) is 0 Å². The number of hydrogen-bond acceptors (Lipinski definition) is 6. The third kappa shape index (κ3) is 63.0. The average molecular weight is 1070 g/mol. The van der Waals surface area contributed by atoms with Crippen LogP contribution in [0.15, 0.2) is 97.2 Å². The highest BCUT2D eigenvalue weighted by Crippen LogP contribution is 2.16. The molecule has 0 aromatic carbocycles. The van der Waals surface area contributed by atoms with Crippen molar-refractivity contribution in [3.8, 4) is 0 Å². The van der Waals surface area contributed by atoms with E-state index in [1.807, 2.05) is 0 Å². The maximum atomic E-state index is 12.9. The van der Waals surface area contributed by atoms with Gasteiger partial charge in [-0.05, 0) is 122 Å². The Hall–Kier alpha value is -3.67. The molecule has 6 heteroatoms. The number of rotatable bonds is 59. The van der Waals surface area contributed by atoms with Crippen LogP contribution < -0.4 is 0 Å². The minimum Gasteiger partial charge on any atom is -0.462 e. The molecule has 442 valence electrons. The van der Waals surface area contributed by atoms with Crippen LogP contribution in [0, 0.1) is 0 Å². The molecule has 0 aliphatic heterocycles. The van der Waals surface area contributed by atoms with Gasteiger partial charge in [-0.1, -0.05) is 272 Å². The molecule has 0 fully saturated rings. The summed E-state index contributed by atoms with van der Waals surface area (Å²) < 4.78 is 16.9. The van der Waals surface area contributed by atoms with E-state index in [1.165, 1.54) is 154 Å². The number of allylic oxidation sites excluding steroid dienone is 16. The summed E-state index contributed by atoms with van der Waals surface area (Å²) in [5, 5.41) is 0. The van der Waals surface area contributed by atoms with Crippen LogP contribution in [0.1, 0.15) is 316 Å². The quantitative estimate of drug-likeness (QED) is 0.0261. The molecular formula is C71H122O6. The lowest BCUT2D eigenvalue weighted by Crippen LogP contribution is -2.30. The van der Waals surface area contributed by atoms with Crippen LogP contribution in [0.5, 0.6) is 0 Å². The van der Waals surface area contributed by atoms with Crippen LogP contribution in [-0.2, 0) is 28.6 Å². The second-order valence-electron chi connectivity index (χ2n) is 21.6. The van der Waals surface area contributed by atoms with E-state index in [9.17, 15) is 14.4 Å². The predicted molar refractivity (Wildman–Crippen MR) is 334 cm³/mol. The summed E-state index contributed by atoms with van der Waals surface area (Å²) in [4.78, 5) is 38.4. The van der Waals surface area contributed by atoms with E-state index in [-0.39, 0.29) is 31.1 Å². The van der Waals surface area contributed by atoms with Crippen molar-refractivity contribution < 1.29 is 28.6 Å². The molecule has 6 nitrogen and oxygen atoms in total. The van der Waals surface area contributed by atoms with E-state index in [2.05, 4.69) is 118 Å². The third-order valence-corrected chi connectivity index (χ3v) is 14.0. The highest BCUT2D eigenvalue weighted by Gasteiger charge is 2.19. The number of ether oxygens (including phenoxy) is 3. The SMILES string of the molecule is CC/C=C\C/C=C\C/C=C\C/C=C\C/C=C\CCCCCCCC(=O)OC(COC(=O)CCCCCCC/C=C\CCCCCCCC)COC(=O)CCCCCCCCCCCCC/C=C\C/C=C\CCCCCCC. The van der Waals surface area contributed by atoms with E-state index >= 15 is 0 Å². The van der Waals surface area contributed by atoms with Gasteiger partial charge in [0.15, 0.2) is 6.10 Å². The van der Waals surface area contributed by atoms with Crippen molar-refractivity contribution in [3.05, 3.63) is 97.2 Å². The van der Waals surface area contributed by atoms with Gasteiger partial charge in [0.1, 0.15) is 13.2 Å². The Labute approximate surface area is 477 Å². The molecule has 0 spiro atoms. The number of esters is 3. The summed E-state index contributed by atoms with van der Waals surface area (Å²) >= 11 is 0. The molecule has 0 aromatic rings. The lowest BCUT2D eigenvalue weighted by Gasteiger charge is -2.18. The summed E-state index contributed by atoms with van der Waals surface area (Å²) in [6, 6.07) is 0. The van der Waals surface area contributed by atoms with Gasteiger partial charge in [-0.2, -0.15) is 0 Å². The molecule has 0 saturated heterocycles. The third-order valence-electron chi connectivity index (χ3n) is 14.0. The van der Waals surface area contributed by atoms with Crippen molar-refractivity contribution in [1.29, 1.82) is 0 Å². The maximum Gasteiger partial charge on any atom is 0.306 e. The fourth-order valence-corrected chi connectivity index (χ4v) is 9.14. The molecule has 0 aliphatic rings. The van der Waals surface area contributed by atoms with Crippen molar-refractivity contribution in [2.24, 2.45) is 0 Å². The Balaban J connectivity index is 4.40. The lowest BCUT2D eigenvalue weighted by molar-refractivity contribution is -0.167. The summed E-state index contributed by atoms with van der Waals surface area (Å²) in [6.45, 7) is 6.52. The number of carbonyl (C=O) groups is 3. The standard InChI is InChI=1S/C71H122O6/c1-4-7-10-13-16-19-22-25-28-30-32-34-35-37-38-40-43-46-49-52-55-58-61-64-70(73)76-67-68(66-75-69(72)63-60-57-54-51-48-45-42-27-24-21-18-15-12-9-6-3)77-71(74)65-62-59-56-53-50-47-44-41-39-36-33-31-29-26-23-20-17-14-11-8-5-2/h8,11,17,20,22,25-27,29-30,32-33,36,41-42,44,68H,4-7,9-10,12-16,18-19,21,23-24,28,31,34-35,37-40,43,45-67H2,1-3H3/b11-8-,20-17-,25-22-,29-26-,32-30-,36-33-,42-27-,44-41-. The van der Waals surface area contributed by atoms with Crippen molar-refractivity contribution in [1.82, 2.24) is 0 Å². The lowest BCUT2D eigenvalue weighted by atomic mass is 10.0. The van der Waals surface area contributed by atoms with Crippen molar-refractivity contribution >= 4 is 17.9 Å². The van der Waals surface area contributed by atoms with Crippen LogP contribution in [0.4, 0.5) is 0 Å². The Morgan fingerprint density at radius 3 is 0.805 bits per heavy atom. The normalized spacial score (nSPS) is 12.7. The van der Waals surface area contributed by atoms with Gasteiger partial charge < -0.3 is 14.2 Å². The van der Waals surface area contributed by atoms with Crippen molar-refractivity contribution in [2.45, 2.75) is 322 Å². The first-order valence-corrected chi connectivity index (χ1v) is 32.7. The number of carbonyl (C=O) groups excluding carboxylic acids is 3. The summed E-state index contributed by atoms with van der Waals surface area (Å²) in [5.41, 5.74) is 0. The Morgan fingerprint density at radius 1 is 0.273 bits per heavy atom. The second-order valence-corrected chi connectivity index (χ2v) is 21.6. The molecule has 0 heterocycles. The van der Waals surface area contributed by atoms with E-state index in [4.69, 9.17) is 14.2 Å². The molecule has 0 rings (SSSR count). The fraction of sp³-hybridized carbons (Fsp3) is 0.732. The summed E-state index contributed by atoms with van der Waals surface area (Å²) in [7, 11) is 0. The molecule has 1 atom stereocenters. The highest BCUT2D eigenvalue weighted by atomic mass is 16.6. The van der Waals surface area contributed by atoms with Crippen LogP contribution in [0.3, 0.4) is 0 Å². The Morgan fingerprint density at radius 2 is 0.506 bits per heavy atom. The zero-order chi connectivity index (χ0) is 55.7. The molecule has 0 aliphatic carbocycles. The van der Waals surface area contributed by atoms with Gasteiger partial charge in [-0.3, -0.25) is 14.4 Å². The van der Waals surface area contributed by atoms with Crippen LogP contribution in [0.25, 0.3) is 0 Å². The highest BCUT2D eigenvalue weighted by molar-refractivity contribution is 5.71. The topological polar surface area (TPSA) is 78.9 Å². The molecule has 0 aromatic heterocycles. The van der Waals surface area contributed by atoms with Gasteiger partial charge in [0, 0.05) is 19.3 Å². The van der Waals surface area contributed by atoms with Gasteiger partial charge in [0.05, 0.1) is 0 Å². The Kier molecular flexibility index (Phi) is 61.8. The molecule has 77 heavy (non-hydrogen) atoms. The van der Waals surface area contributed by atoms with E-state index < -0.39 is 6.10 Å². The monoisotopic (exact) mass is 1070 g/mol. The van der Waals surface area contributed by atoms with Gasteiger partial charge in [-0.15, -0.1) is 0 Å². The fourth-order valence-electron chi connectivity index (χ4n) is 9.14. The van der Waals surface area contributed by atoms with Crippen molar-refractivity contribution in [3.63, 3.8) is 0 Å². The largest absolute Gasteiger partial charge is 0.462 e. The average Bonchev–Trinajstić information content (AvgIpc) is 3.43. The molecule has 0 N–H and O–H groups in total. The minimum atomic E-state index is -0.795. The molecule has 0 saturated carbocycles. The Bertz CT molecular complexity index is 1510. The smallest absolute Gasteiger partial charge is 0.306 e. The molecule has 0 bridgehead atoms. The zero-order valence-corrected chi connectivity index (χ0v) is 50.7. The summed E-state index contributed by atoms with van der Waals surface area (Å²) in [5.74, 6) is -0.907. The molecular weight excluding hydrogens is 949 g/mol. The van der Waals surface area contributed by atoms with Gasteiger partial charge >= 0.3 is 17.9 Å². The second kappa shape index (κ2) is 64.9. The molecule has 0 radical (unpaired) electrons.